The first-order valence-electron chi connectivity index (χ1n) is 6.90. The number of piperidine rings is 1. The predicted molar refractivity (Wildman–Crippen MR) is 73.2 cm³/mol. The molecule has 1 aliphatic rings. The van der Waals surface area contributed by atoms with Gasteiger partial charge in [-0.15, -0.1) is 0 Å². The van der Waals surface area contributed by atoms with Crippen LogP contribution >= 0.6 is 0 Å². The van der Waals surface area contributed by atoms with Crippen LogP contribution in [0.2, 0.25) is 0 Å². The van der Waals surface area contributed by atoms with E-state index in [0.717, 1.165) is 18.9 Å². The maximum Gasteiger partial charge on any atom is -0.000835 e. The zero-order chi connectivity index (χ0) is 11.8. The molecule has 1 fully saturated rings. The highest BCUT2D eigenvalue weighted by Crippen LogP contribution is 2.14. The fraction of sp³-hybridized carbons (Fsp3) is 0.600. The Balaban J connectivity index is 1.51. The van der Waals surface area contributed by atoms with Gasteiger partial charge in [0.1, 0.15) is 0 Å². The molecule has 0 bridgehead atoms. The van der Waals surface area contributed by atoms with Gasteiger partial charge in [-0.05, 0) is 63.3 Å². The Kier molecular flexibility index (Phi) is 5.53. The van der Waals surface area contributed by atoms with Crippen LogP contribution in [0.25, 0.3) is 0 Å². The van der Waals surface area contributed by atoms with E-state index >= 15 is 0 Å². The maximum atomic E-state index is 3.56. The Hall–Kier alpha value is -0.860. The van der Waals surface area contributed by atoms with Crippen molar-refractivity contribution in [1.82, 2.24) is 10.6 Å². The lowest BCUT2D eigenvalue weighted by Crippen LogP contribution is -2.30. The van der Waals surface area contributed by atoms with Crippen LogP contribution in [0.3, 0.4) is 0 Å². The molecule has 0 amide bonds. The summed E-state index contributed by atoms with van der Waals surface area (Å²) in [5.41, 5.74) is 1.43. The monoisotopic (exact) mass is 232 g/mol. The quantitative estimate of drug-likeness (QED) is 0.735. The Morgan fingerprint density at radius 2 is 1.82 bits per heavy atom. The van der Waals surface area contributed by atoms with Crippen LogP contribution in [0.4, 0.5) is 0 Å². The summed E-state index contributed by atoms with van der Waals surface area (Å²) >= 11 is 0. The molecular formula is C15H24N2. The molecule has 2 heteroatoms. The standard InChI is InChI=1S/C15H24N2/c1-2-4-14(5-3-1)6-10-16-11-7-15-8-12-17-13-9-15/h1-5,15-17H,6-13H2. The lowest BCUT2D eigenvalue weighted by Gasteiger charge is -2.22. The first-order chi connectivity index (χ1) is 8.45. The molecule has 2 N–H and O–H groups in total. The second kappa shape index (κ2) is 7.46. The van der Waals surface area contributed by atoms with Crippen molar-refractivity contribution in [2.75, 3.05) is 26.2 Å². The summed E-state index contributed by atoms with van der Waals surface area (Å²) in [6, 6.07) is 10.7. The summed E-state index contributed by atoms with van der Waals surface area (Å²) in [7, 11) is 0. The molecule has 1 saturated heterocycles. The Morgan fingerprint density at radius 1 is 1.06 bits per heavy atom. The highest BCUT2D eigenvalue weighted by Gasteiger charge is 2.11. The predicted octanol–water partition coefficient (Wildman–Crippen LogP) is 2.21. The Labute approximate surface area is 105 Å². The van der Waals surface area contributed by atoms with Crippen molar-refractivity contribution in [1.29, 1.82) is 0 Å². The molecule has 17 heavy (non-hydrogen) atoms. The van der Waals surface area contributed by atoms with Gasteiger partial charge >= 0.3 is 0 Å². The minimum atomic E-state index is 0.945. The second-order valence-corrected chi connectivity index (χ2v) is 4.97. The van der Waals surface area contributed by atoms with Crippen molar-refractivity contribution >= 4 is 0 Å². The SMILES string of the molecule is c1ccc(CCNCCC2CCNCC2)cc1. The molecule has 1 aromatic rings. The number of hydrogen-bond donors (Lipinski definition) is 2. The zero-order valence-corrected chi connectivity index (χ0v) is 10.6. The van der Waals surface area contributed by atoms with Crippen LogP contribution in [-0.2, 0) is 6.42 Å². The van der Waals surface area contributed by atoms with Gasteiger partial charge < -0.3 is 10.6 Å². The van der Waals surface area contributed by atoms with E-state index in [1.54, 1.807) is 0 Å². The molecular weight excluding hydrogens is 208 g/mol. The molecule has 0 aliphatic carbocycles. The molecule has 0 saturated carbocycles. The average Bonchev–Trinajstić information content (AvgIpc) is 2.41. The molecule has 0 atom stereocenters. The molecule has 2 nitrogen and oxygen atoms in total. The molecule has 94 valence electrons. The second-order valence-electron chi connectivity index (χ2n) is 4.97. The van der Waals surface area contributed by atoms with Gasteiger partial charge in [0.2, 0.25) is 0 Å². The highest BCUT2D eigenvalue weighted by molar-refractivity contribution is 5.14. The van der Waals surface area contributed by atoms with Crippen molar-refractivity contribution < 1.29 is 0 Å². The Morgan fingerprint density at radius 3 is 2.59 bits per heavy atom. The topological polar surface area (TPSA) is 24.1 Å². The molecule has 1 aromatic carbocycles. The number of benzene rings is 1. The van der Waals surface area contributed by atoms with Crippen molar-refractivity contribution in [3.8, 4) is 0 Å². The van der Waals surface area contributed by atoms with Crippen LogP contribution in [0, 0.1) is 5.92 Å². The summed E-state index contributed by atoms with van der Waals surface area (Å²) < 4.78 is 0. The summed E-state index contributed by atoms with van der Waals surface area (Å²) in [5, 5.41) is 6.98. The van der Waals surface area contributed by atoms with Crippen LogP contribution < -0.4 is 10.6 Å². The van der Waals surface area contributed by atoms with Gasteiger partial charge in [-0.2, -0.15) is 0 Å². The summed E-state index contributed by atoms with van der Waals surface area (Å²) in [4.78, 5) is 0. The summed E-state index contributed by atoms with van der Waals surface area (Å²) in [6.07, 6.45) is 5.21. The van der Waals surface area contributed by atoms with Gasteiger partial charge in [0.25, 0.3) is 0 Å². The van der Waals surface area contributed by atoms with E-state index in [4.69, 9.17) is 0 Å². The molecule has 0 radical (unpaired) electrons. The molecule has 0 unspecified atom stereocenters. The molecule has 1 aliphatic heterocycles. The van der Waals surface area contributed by atoms with E-state index in [9.17, 15) is 0 Å². The van der Waals surface area contributed by atoms with Gasteiger partial charge in [-0.25, -0.2) is 0 Å². The molecule has 2 rings (SSSR count). The minimum Gasteiger partial charge on any atom is -0.317 e. The van der Waals surface area contributed by atoms with Crippen LogP contribution in [0.1, 0.15) is 24.8 Å². The third-order valence-electron chi connectivity index (χ3n) is 3.62. The van der Waals surface area contributed by atoms with Crippen molar-refractivity contribution in [3.63, 3.8) is 0 Å². The largest absolute Gasteiger partial charge is 0.317 e. The van der Waals surface area contributed by atoms with Crippen LogP contribution in [0.5, 0.6) is 0 Å². The van der Waals surface area contributed by atoms with E-state index in [1.807, 2.05) is 0 Å². The van der Waals surface area contributed by atoms with Crippen molar-refractivity contribution in [2.24, 2.45) is 5.92 Å². The highest BCUT2D eigenvalue weighted by atomic mass is 14.9. The third kappa shape index (κ3) is 4.88. The fourth-order valence-electron chi connectivity index (χ4n) is 2.48. The van der Waals surface area contributed by atoms with E-state index in [0.29, 0.717) is 0 Å². The van der Waals surface area contributed by atoms with Crippen molar-refractivity contribution in [3.05, 3.63) is 35.9 Å². The summed E-state index contributed by atoms with van der Waals surface area (Å²) in [5.74, 6) is 0.945. The van der Waals surface area contributed by atoms with Crippen LogP contribution in [-0.4, -0.2) is 26.2 Å². The Bertz CT molecular complexity index is 291. The fourth-order valence-corrected chi connectivity index (χ4v) is 2.48. The van der Waals surface area contributed by atoms with Gasteiger partial charge in [0, 0.05) is 0 Å². The molecule has 0 spiro atoms. The lowest BCUT2D eigenvalue weighted by atomic mass is 9.95. The van der Waals surface area contributed by atoms with Gasteiger partial charge in [0.05, 0.1) is 0 Å². The van der Waals surface area contributed by atoms with Gasteiger partial charge in [-0.3, -0.25) is 0 Å². The van der Waals surface area contributed by atoms with E-state index in [-0.39, 0.29) is 0 Å². The maximum absolute atomic E-state index is 3.56. The van der Waals surface area contributed by atoms with Gasteiger partial charge in [-0.1, -0.05) is 30.3 Å². The van der Waals surface area contributed by atoms with Crippen molar-refractivity contribution in [2.45, 2.75) is 25.7 Å². The molecule has 1 heterocycles. The normalized spacial score (nSPS) is 17.2. The first kappa shape index (κ1) is 12.6. The first-order valence-corrected chi connectivity index (χ1v) is 6.90. The van der Waals surface area contributed by atoms with Gasteiger partial charge in [0.15, 0.2) is 0 Å². The van der Waals surface area contributed by atoms with Crippen LogP contribution in [0.15, 0.2) is 30.3 Å². The van der Waals surface area contributed by atoms with E-state index in [2.05, 4.69) is 41.0 Å². The van der Waals surface area contributed by atoms with E-state index in [1.165, 1.54) is 44.5 Å². The molecule has 0 aromatic heterocycles. The smallest absolute Gasteiger partial charge is 0.000835 e. The summed E-state index contributed by atoms with van der Waals surface area (Å²) in [6.45, 7) is 4.72. The number of hydrogen-bond acceptors (Lipinski definition) is 2. The van der Waals surface area contributed by atoms with E-state index < -0.39 is 0 Å². The number of rotatable bonds is 6. The third-order valence-corrected chi connectivity index (χ3v) is 3.62. The lowest BCUT2D eigenvalue weighted by molar-refractivity contribution is 0.349. The zero-order valence-electron chi connectivity index (χ0n) is 10.6. The minimum absolute atomic E-state index is 0.945. The average molecular weight is 232 g/mol. The number of nitrogens with one attached hydrogen (secondary N) is 2.